The van der Waals surface area contributed by atoms with Crippen LogP contribution in [0.4, 0.5) is 0 Å². The van der Waals surface area contributed by atoms with Crippen LogP contribution >= 0.6 is 0 Å². The van der Waals surface area contributed by atoms with Crippen molar-refractivity contribution >= 4 is 5.96 Å². The first-order valence-corrected chi connectivity index (χ1v) is 10.8. The third-order valence-corrected chi connectivity index (χ3v) is 5.88. The zero-order valence-electron chi connectivity index (χ0n) is 18.7. The minimum absolute atomic E-state index is 0.170. The smallest absolute Gasteiger partial charge is 0.190 e. The van der Waals surface area contributed by atoms with Gasteiger partial charge in [0, 0.05) is 45.2 Å². The maximum atomic E-state index is 6.11. The minimum atomic E-state index is 0.170. The summed E-state index contributed by atoms with van der Waals surface area (Å²) in [7, 11) is 1.85. The van der Waals surface area contributed by atoms with Crippen molar-refractivity contribution in [3.05, 3.63) is 0 Å². The summed E-state index contributed by atoms with van der Waals surface area (Å²) < 4.78 is 12.2. The van der Waals surface area contributed by atoms with Crippen molar-refractivity contribution < 1.29 is 9.47 Å². The molecule has 5 heteroatoms. The Labute approximate surface area is 167 Å². The molecule has 2 rings (SSSR count). The van der Waals surface area contributed by atoms with Gasteiger partial charge >= 0.3 is 0 Å². The molecule has 2 saturated heterocycles. The van der Waals surface area contributed by atoms with Crippen LogP contribution in [0.1, 0.15) is 67.2 Å². The maximum Gasteiger partial charge on any atom is 0.190 e. The van der Waals surface area contributed by atoms with Crippen LogP contribution in [0.2, 0.25) is 0 Å². The fraction of sp³-hybridized carbons (Fsp3) is 0.955. The van der Waals surface area contributed by atoms with Gasteiger partial charge in [0.15, 0.2) is 5.96 Å². The average molecular weight is 382 g/mol. The van der Waals surface area contributed by atoms with Gasteiger partial charge in [-0.2, -0.15) is 0 Å². The number of hydrogen-bond acceptors (Lipinski definition) is 3. The molecule has 2 heterocycles. The van der Waals surface area contributed by atoms with Gasteiger partial charge in [-0.3, -0.25) is 4.99 Å². The molecule has 2 aliphatic heterocycles. The fourth-order valence-electron chi connectivity index (χ4n) is 4.70. The summed E-state index contributed by atoms with van der Waals surface area (Å²) in [4.78, 5) is 4.44. The van der Waals surface area contributed by atoms with Crippen LogP contribution in [0, 0.1) is 22.7 Å². The second kappa shape index (κ2) is 9.60. The monoisotopic (exact) mass is 381 g/mol. The van der Waals surface area contributed by atoms with Gasteiger partial charge in [0.05, 0.1) is 12.2 Å². The normalized spacial score (nSPS) is 29.9. The van der Waals surface area contributed by atoms with Gasteiger partial charge in [0.1, 0.15) is 0 Å². The SMILES string of the molecule is CN=C(NCC1CCCOC1C(C)(C)C)NCC1CCCOC1C(C)(C)C. The molecule has 5 nitrogen and oxygen atoms in total. The standard InChI is InChI=1S/C22H43N3O2/c1-21(2,3)18-16(10-8-12-26-18)14-24-20(23-7)25-15-17-11-9-13-27-19(17)22(4,5)6/h16-19H,8-15H2,1-7H3,(H2,23,24,25). The number of ether oxygens (including phenoxy) is 2. The lowest BCUT2D eigenvalue weighted by molar-refractivity contribution is -0.0843. The van der Waals surface area contributed by atoms with Crippen LogP contribution in [0.25, 0.3) is 0 Å². The van der Waals surface area contributed by atoms with Crippen LogP contribution in [0.15, 0.2) is 4.99 Å². The van der Waals surface area contributed by atoms with E-state index in [9.17, 15) is 0 Å². The first kappa shape index (κ1) is 22.5. The molecule has 4 unspecified atom stereocenters. The highest BCUT2D eigenvalue weighted by Gasteiger charge is 2.36. The summed E-state index contributed by atoms with van der Waals surface area (Å²) in [5, 5.41) is 7.10. The molecule has 0 aliphatic carbocycles. The molecule has 0 aromatic carbocycles. The number of aliphatic imine (C=N–C) groups is 1. The molecule has 2 N–H and O–H groups in total. The predicted octanol–water partition coefficient (Wildman–Crippen LogP) is 3.83. The average Bonchev–Trinajstić information content (AvgIpc) is 2.61. The molecule has 158 valence electrons. The second-order valence-electron chi connectivity index (χ2n) is 10.5. The number of nitrogens with zero attached hydrogens (tertiary/aromatic N) is 1. The fourth-order valence-corrected chi connectivity index (χ4v) is 4.70. The highest BCUT2D eigenvalue weighted by molar-refractivity contribution is 5.79. The Bertz CT molecular complexity index is 439. The predicted molar refractivity (Wildman–Crippen MR) is 113 cm³/mol. The maximum absolute atomic E-state index is 6.11. The van der Waals surface area contributed by atoms with E-state index in [1.54, 1.807) is 0 Å². The molecular formula is C22H43N3O2. The quantitative estimate of drug-likeness (QED) is 0.574. The Morgan fingerprint density at radius 3 is 1.56 bits per heavy atom. The Kier molecular flexibility index (Phi) is 7.99. The Hall–Kier alpha value is -0.810. The van der Waals surface area contributed by atoms with E-state index in [0.29, 0.717) is 24.0 Å². The summed E-state index contributed by atoms with van der Waals surface area (Å²) in [6.07, 6.45) is 5.33. The van der Waals surface area contributed by atoms with E-state index >= 15 is 0 Å². The number of guanidine groups is 1. The van der Waals surface area contributed by atoms with E-state index < -0.39 is 0 Å². The van der Waals surface area contributed by atoms with Crippen molar-refractivity contribution in [1.29, 1.82) is 0 Å². The Morgan fingerprint density at radius 1 is 0.815 bits per heavy atom. The van der Waals surface area contributed by atoms with Crippen LogP contribution in [0.5, 0.6) is 0 Å². The van der Waals surface area contributed by atoms with Crippen molar-refractivity contribution in [3.8, 4) is 0 Å². The van der Waals surface area contributed by atoms with Gasteiger partial charge in [0.25, 0.3) is 0 Å². The molecule has 0 amide bonds. The summed E-state index contributed by atoms with van der Waals surface area (Å²) in [5.41, 5.74) is 0.339. The summed E-state index contributed by atoms with van der Waals surface area (Å²) in [5.74, 6) is 1.95. The zero-order valence-corrected chi connectivity index (χ0v) is 18.7. The van der Waals surface area contributed by atoms with Crippen LogP contribution in [0.3, 0.4) is 0 Å². The molecule has 0 saturated carbocycles. The molecule has 0 spiro atoms. The van der Waals surface area contributed by atoms with Crippen molar-refractivity contribution in [1.82, 2.24) is 10.6 Å². The van der Waals surface area contributed by atoms with Gasteiger partial charge in [-0.25, -0.2) is 0 Å². The highest BCUT2D eigenvalue weighted by atomic mass is 16.5. The highest BCUT2D eigenvalue weighted by Crippen LogP contribution is 2.34. The third-order valence-electron chi connectivity index (χ3n) is 5.88. The van der Waals surface area contributed by atoms with Crippen molar-refractivity contribution in [3.63, 3.8) is 0 Å². The molecule has 0 aromatic heterocycles. The molecule has 0 radical (unpaired) electrons. The van der Waals surface area contributed by atoms with Crippen LogP contribution in [-0.2, 0) is 9.47 Å². The minimum Gasteiger partial charge on any atom is -0.377 e. The van der Waals surface area contributed by atoms with Gasteiger partial charge in [-0.05, 0) is 36.5 Å². The van der Waals surface area contributed by atoms with E-state index in [1.165, 1.54) is 12.8 Å². The van der Waals surface area contributed by atoms with Crippen molar-refractivity contribution in [2.45, 2.75) is 79.4 Å². The lowest BCUT2D eigenvalue weighted by atomic mass is 9.78. The number of rotatable bonds is 4. The molecule has 27 heavy (non-hydrogen) atoms. The van der Waals surface area contributed by atoms with E-state index in [1.807, 2.05) is 7.05 Å². The van der Waals surface area contributed by atoms with Crippen LogP contribution < -0.4 is 10.6 Å². The summed E-state index contributed by atoms with van der Waals surface area (Å²) in [6, 6.07) is 0. The zero-order chi connectivity index (χ0) is 20.1. The van der Waals surface area contributed by atoms with E-state index in [2.05, 4.69) is 57.2 Å². The number of nitrogens with one attached hydrogen (secondary N) is 2. The molecule has 2 fully saturated rings. The first-order valence-electron chi connectivity index (χ1n) is 10.8. The van der Waals surface area contributed by atoms with E-state index in [-0.39, 0.29) is 10.8 Å². The van der Waals surface area contributed by atoms with E-state index in [0.717, 1.165) is 45.1 Å². The third kappa shape index (κ3) is 6.63. The summed E-state index contributed by atoms with van der Waals surface area (Å²) in [6.45, 7) is 17.3. The van der Waals surface area contributed by atoms with Crippen molar-refractivity contribution in [2.75, 3.05) is 33.4 Å². The Morgan fingerprint density at radius 2 is 1.22 bits per heavy atom. The van der Waals surface area contributed by atoms with Crippen LogP contribution in [-0.4, -0.2) is 51.5 Å². The molecule has 4 atom stereocenters. The molecule has 2 aliphatic rings. The lowest BCUT2D eigenvalue weighted by Crippen LogP contribution is -2.50. The molecule has 0 aromatic rings. The van der Waals surface area contributed by atoms with Gasteiger partial charge in [-0.15, -0.1) is 0 Å². The molecular weight excluding hydrogens is 338 g/mol. The Balaban J connectivity index is 1.86. The number of hydrogen-bond donors (Lipinski definition) is 2. The largest absolute Gasteiger partial charge is 0.377 e. The van der Waals surface area contributed by atoms with Gasteiger partial charge < -0.3 is 20.1 Å². The van der Waals surface area contributed by atoms with E-state index in [4.69, 9.17) is 9.47 Å². The topological polar surface area (TPSA) is 54.9 Å². The summed E-state index contributed by atoms with van der Waals surface area (Å²) >= 11 is 0. The second-order valence-corrected chi connectivity index (χ2v) is 10.5. The van der Waals surface area contributed by atoms with Crippen molar-refractivity contribution in [2.24, 2.45) is 27.7 Å². The van der Waals surface area contributed by atoms with Gasteiger partial charge in [0.2, 0.25) is 0 Å². The molecule has 0 bridgehead atoms. The first-order chi connectivity index (χ1) is 12.6. The van der Waals surface area contributed by atoms with Gasteiger partial charge in [-0.1, -0.05) is 41.5 Å². The lowest BCUT2D eigenvalue weighted by Gasteiger charge is -2.41.